The Hall–Kier alpha value is -2.31. The number of phenols is 1. The van der Waals surface area contributed by atoms with Crippen LogP contribution in [0.4, 0.5) is 4.39 Å². The van der Waals surface area contributed by atoms with Crippen molar-refractivity contribution in [2.75, 3.05) is 0 Å². The zero-order chi connectivity index (χ0) is 14.6. The number of hydrogen-bond acceptors (Lipinski definition) is 4. The first-order valence-electron chi connectivity index (χ1n) is 5.63. The fraction of sp³-hybridized carbons (Fsp3) is 0.333. The molecule has 5 N–H and O–H groups in total. The predicted octanol–water partition coefficient (Wildman–Crippen LogP) is 1.18. The summed E-state index contributed by atoms with van der Waals surface area (Å²) in [4.78, 5) is 12.0. The van der Waals surface area contributed by atoms with Crippen molar-refractivity contribution in [1.82, 2.24) is 5.32 Å². The maximum atomic E-state index is 12.8. The lowest BCUT2D eigenvalue weighted by Crippen LogP contribution is -2.55. The van der Waals surface area contributed by atoms with E-state index in [-0.39, 0.29) is 11.4 Å². The first kappa shape index (κ1) is 14.7. The number of rotatable bonds is 4. The van der Waals surface area contributed by atoms with Crippen LogP contribution < -0.4 is 11.1 Å². The molecule has 0 aliphatic heterocycles. The van der Waals surface area contributed by atoms with Gasteiger partial charge in [-0.15, -0.1) is 0 Å². The first-order chi connectivity index (χ1) is 8.84. The maximum Gasteiger partial charge on any atom is 0.255 e. The monoisotopic (exact) mass is 269 g/mol. The van der Waals surface area contributed by atoms with Crippen molar-refractivity contribution in [3.8, 4) is 5.75 Å². The molecular formula is C12H16FN3O3. The third-order valence-corrected chi connectivity index (χ3v) is 2.97. The van der Waals surface area contributed by atoms with E-state index in [9.17, 15) is 14.3 Å². The van der Waals surface area contributed by atoms with Crippen molar-refractivity contribution in [3.05, 3.63) is 29.6 Å². The fourth-order valence-corrected chi connectivity index (χ4v) is 1.46. The molecule has 0 aromatic heterocycles. The molecular weight excluding hydrogens is 253 g/mol. The van der Waals surface area contributed by atoms with Crippen molar-refractivity contribution in [1.29, 1.82) is 0 Å². The Morgan fingerprint density at radius 1 is 1.58 bits per heavy atom. The second-order valence-corrected chi connectivity index (χ2v) is 4.29. The summed E-state index contributed by atoms with van der Waals surface area (Å²) in [5.41, 5.74) is 4.36. The summed E-state index contributed by atoms with van der Waals surface area (Å²) in [7, 11) is 0. The minimum Gasteiger partial charge on any atom is -0.507 e. The lowest BCUT2D eigenvalue weighted by molar-refractivity contribution is 0.0922. The van der Waals surface area contributed by atoms with E-state index < -0.39 is 23.0 Å². The number of nitrogens with one attached hydrogen (secondary N) is 1. The molecule has 6 nitrogen and oxygen atoms in total. The lowest BCUT2D eigenvalue weighted by Gasteiger charge is -2.28. The third-order valence-electron chi connectivity index (χ3n) is 2.97. The molecule has 0 bridgehead atoms. The molecule has 1 aromatic rings. The molecule has 1 amide bonds. The van der Waals surface area contributed by atoms with Crippen LogP contribution in [0.25, 0.3) is 0 Å². The average Bonchev–Trinajstić information content (AvgIpc) is 2.37. The second-order valence-electron chi connectivity index (χ2n) is 4.29. The fourth-order valence-electron chi connectivity index (χ4n) is 1.46. The first-order valence-corrected chi connectivity index (χ1v) is 5.63. The van der Waals surface area contributed by atoms with E-state index in [1.165, 1.54) is 0 Å². The van der Waals surface area contributed by atoms with Gasteiger partial charge in [-0.3, -0.25) is 4.79 Å². The van der Waals surface area contributed by atoms with E-state index >= 15 is 0 Å². The Labute approximate surface area is 109 Å². The van der Waals surface area contributed by atoms with Crippen LogP contribution in [0.5, 0.6) is 5.75 Å². The van der Waals surface area contributed by atoms with Crippen molar-refractivity contribution >= 4 is 11.7 Å². The molecule has 0 heterocycles. The van der Waals surface area contributed by atoms with Gasteiger partial charge in [-0.25, -0.2) is 4.39 Å². The third kappa shape index (κ3) is 3.12. The summed E-state index contributed by atoms with van der Waals surface area (Å²) in [5.74, 6) is -1.93. The van der Waals surface area contributed by atoms with Gasteiger partial charge in [-0.2, -0.15) is 0 Å². The number of halogens is 1. The molecule has 0 spiro atoms. The Balaban J connectivity index is 3.02. The molecule has 0 radical (unpaired) electrons. The van der Waals surface area contributed by atoms with Crippen LogP contribution in [0.3, 0.4) is 0 Å². The predicted molar refractivity (Wildman–Crippen MR) is 67.6 cm³/mol. The normalized spacial score (nSPS) is 14.8. The molecule has 0 aliphatic rings. The van der Waals surface area contributed by atoms with Gasteiger partial charge in [0.05, 0.1) is 11.1 Å². The summed E-state index contributed by atoms with van der Waals surface area (Å²) in [6.07, 6.45) is 0.372. The van der Waals surface area contributed by atoms with Gasteiger partial charge in [0.1, 0.15) is 11.6 Å². The maximum absolute atomic E-state index is 12.8. The van der Waals surface area contributed by atoms with E-state index in [1.54, 1.807) is 13.8 Å². The number of carbonyl (C=O) groups is 1. The Kier molecular flexibility index (Phi) is 4.31. The number of amidine groups is 1. The Morgan fingerprint density at radius 3 is 2.68 bits per heavy atom. The van der Waals surface area contributed by atoms with Crippen LogP contribution in [0.1, 0.15) is 30.6 Å². The molecule has 1 unspecified atom stereocenters. The van der Waals surface area contributed by atoms with Gasteiger partial charge < -0.3 is 21.4 Å². The summed E-state index contributed by atoms with van der Waals surface area (Å²) in [6, 6.07) is 3.05. The zero-order valence-corrected chi connectivity index (χ0v) is 10.6. The van der Waals surface area contributed by atoms with Gasteiger partial charge in [0, 0.05) is 6.07 Å². The minimum absolute atomic E-state index is 0.0909. The highest BCUT2D eigenvalue weighted by atomic mass is 19.1. The number of carbonyl (C=O) groups excluding carboxylic acids is 1. The van der Waals surface area contributed by atoms with E-state index in [4.69, 9.17) is 10.9 Å². The smallest absolute Gasteiger partial charge is 0.255 e. The van der Waals surface area contributed by atoms with E-state index in [0.29, 0.717) is 6.42 Å². The molecule has 0 aliphatic carbocycles. The van der Waals surface area contributed by atoms with Gasteiger partial charge in [0.15, 0.2) is 5.84 Å². The van der Waals surface area contributed by atoms with Crippen molar-refractivity contribution in [2.45, 2.75) is 25.8 Å². The average molecular weight is 269 g/mol. The van der Waals surface area contributed by atoms with Crippen LogP contribution >= 0.6 is 0 Å². The quantitative estimate of drug-likeness (QED) is 0.285. The molecule has 0 saturated carbocycles. The topological polar surface area (TPSA) is 108 Å². The highest BCUT2D eigenvalue weighted by Gasteiger charge is 2.30. The highest BCUT2D eigenvalue weighted by molar-refractivity contribution is 6.01. The molecule has 0 saturated heterocycles. The summed E-state index contributed by atoms with van der Waals surface area (Å²) in [6.45, 7) is 3.31. The number of aromatic hydroxyl groups is 1. The Bertz CT molecular complexity index is 519. The molecule has 7 heteroatoms. The molecule has 0 fully saturated rings. The van der Waals surface area contributed by atoms with Gasteiger partial charge in [0.2, 0.25) is 0 Å². The molecule has 104 valence electrons. The number of amides is 1. The summed E-state index contributed by atoms with van der Waals surface area (Å²) >= 11 is 0. The number of oxime groups is 1. The number of hydrogen-bond donors (Lipinski definition) is 4. The lowest BCUT2D eigenvalue weighted by atomic mass is 9.96. The highest BCUT2D eigenvalue weighted by Crippen LogP contribution is 2.19. The van der Waals surface area contributed by atoms with Crippen LogP contribution in [0, 0.1) is 5.82 Å². The minimum atomic E-state index is -1.06. The van der Waals surface area contributed by atoms with E-state index in [2.05, 4.69) is 10.5 Å². The number of phenolic OH excluding ortho intramolecular Hbond substituents is 1. The van der Waals surface area contributed by atoms with Gasteiger partial charge in [0.25, 0.3) is 5.91 Å². The standard InChI is InChI=1S/C12H16FN3O3/c1-3-12(2,11(14)16-19)15-10(18)8-5-4-7(13)6-9(8)17/h4-6,17,19H,3H2,1-2H3,(H2,14,16)(H,15,18). The van der Waals surface area contributed by atoms with Crippen molar-refractivity contribution < 1.29 is 19.5 Å². The van der Waals surface area contributed by atoms with Crippen LogP contribution in [-0.2, 0) is 0 Å². The summed E-state index contributed by atoms with van der Waals surface area (Å²) < 4.78 is 12.8. The van der Waals surface area contributed by atoms with Gasteiger partial charge >= 0.3 is 0 Å². The van der Waals surface area contributed by atoms with Crippen molar-refractivity contribution in [2.24, 2.45) is 10.9 Å². The van der Waals surface area contributed by atoms with Crippen LogP contribution in [-0.4, -0.2) is 27.6 Å². The number of benzene rings is 1. The van der Waals surface area contributed by atoms with Crippen LogP contribution in [0.15, 0.2) is 23.4 Å². The SMILES string of the molecule is CCC(C)(NC(=O)c1ccc(F)cc1O)/C(N)=N/O. The number of nitrogens with zero attached hydrogens (tertiary/aromatic N) is 1. The summed E-state index contributed by atoms with van der Waals surface area (Å²) in [5, 5.41) is 23.6. The van der Waals surface area contributed by atoms with E-state index in [0.717, 1.165) is 18.2 Å². The van der Waals surface area contributed by atoms with E-state index in [1.807, 2.05) is 0 Å². The second kappa shape index (κ2) is 5.55. The zero-order valence-electron chi connectivity index (χ0n) is 10.6. The molecule has 1 atom stereocenters. The Morgan fingerprint density at radius 2 is 2.21 bits per heavy atom. The molecule has 19 heavy (non-hydrogen) atoms. The van der Waals surface area contributed by atoms with Crippen LogP contribution in [0.2, 0.25) is 0 Å². The van der Waals surface area contributed by atoms with Gasteiger partial charge in [-0.1, -0.05) is 12.1 Å². The number of nitrogens with two attached hydrogens (primary N) is 1. The van der Waals surface area contributed by atoms with Crippen molar-refractivity contribution in [3.63, 3.8) is 0 Å². The molecule has 1 aromatic carbocycles. The largest absolute Gasteiger partial charge is 0.507 e. The molecule has 1 rings (SSSR count). The van der Waals surface area contributed by atoms with Gasteiger partial charge in [-0.05, 0) is 25.5 Å².